The van der Waals surface area contributed by atoms with Gasteiger partial charge in [-0.3, -0.25) is 4.18 Å². The predicted octanol–water partition coefficient (Wildman–Crippen LogP) is -0.420. The summed E-state index contributed by atoms with van der Waals surface area (Å²) in [5.41, 5.74) is -2.85. The highest BCUT2D eigenvalue weighted by Gasteiger charge is 2.52. The van der Waals surface area contributed by atoms with Gasteiger partial charge in [-0.1, -0.05) is 0 Å². The molecule has 0 amide bonds. The largest absolute Gasteiger partial charge is 0.395 e. The molecule has 0 spiro atoms. The average molecular weight is 264 g/mol. The Morgan fingerprint density at radius 3 is 1.69 bits per heavy atom. The Kier molecular flexibility index (Phi) is 5.87. The summed E-state index contributed by atoms with van der Waals surface area (Å²) < 4.78 is 2.94. The van der Waals surface area contributed by atoms with Gasteiger partial charge in [0.25, 0.3) is 0 Å². The Morgan fingerprint density at radius 1 is 1.23 bits per heavy atom. The molecule has 1 unspecified atom stereocenters. The molecule has 0 saturated heterocycles. The lowest BCUT2D eigenvalue weighted by Gasteiger charge is -2.41. The Hall–Kier alpha value is 1.24. The van der Waals surface area contributed by atoms with E-state index in [0.29, 0.717) is 0 Å². The van der Waals surface area contributed by atoms with Crippen LogP contribution >= 0.6 is 50.8 Å². The number of hydrogen-bond acceptors (Lipinski definition) is 8. The first-order chi connectivity index (χ1) is 5.88. The molecule has 80 valence electrons. The van der Waals surface area contributed by atoms with E-state index in [2.05, 4.69) is 55.0 Å². The first-order valence-corrected chi connectivity index (χ1v) is 5.00. The van der Waals surface area contributed by atoms with Gasteiger partial charge in [-0.2, -0.15) is 0 Å². The maximum absolute atomic E-state index is 9.26. The van der Waals surface area contributed by atoms with Crippen molar-refractivity contribution >= 4 is 50.8 Å². The van der Waals surface area contributed by atoms with Crippen molar-refractivity contribution in [2.75, 3.05) is 13.2 Å². The highest BCUT2D eigenvalue weighted by Crippen LogP contribution is 2.45. The second kappa shape index (κ2) is 5.36. The maximum atomic E-state index is 9.26. The molecule has 0 aromatic rings. The Balaban J connectivity index is 4.97. The summed E-state index contributed by atoms with van der Waals surface area (Å²) in [6.07, 6.45) is 0. The van der Waals surface area contributed by atoms with Gasteiger partial charge in [0.15, 0.2) is 4.27 Å². The average Bonchev–Trinajstić information content (AvgIpc) is 2.06. The van der Waals surface area contributed by atoms with Crippen molar-refractivity contribution < 1.29 is 19.5 Å². The highest BCUT2D eigenvalue weighted by atomic mass is 32.2. The molecule has 13 heavy (non-hydrogen) atoms. The van der Waals surface area contributed by atoms with Gasteiger partial charge in [0.2, 0.25) is 0 Å². The Bertz CT molecular complexity index is 159. The van der Waals surface area contributed by atoms with E-state index < -0.39 is 28.3 Å². The van der Waals surface area contributed by atoms with Crippen molar-refractivity contribution in [3.63, 3.8) is 0 Å². The molecule has 0 radical (unpaired) electrons. The van der Waals surface area contributed by atoms with Crippen LogP contribution in [0.1, 0.15) is 0 Å². The van der Waals surface area contributed by atoms with Gasteiger partial charge in [0.05, 0.1) is 13.2 Å². The van der Waals surface area contributed by atoms with Crippen LogP contribution in [0.3, 0.4) is 0 Å². The second-order valence-electron chi connectivity index (χ2n) is 2.55. The first kappa shape index (κ1) is 14.2. The van der Waals surface area contributed by atoms with E-state index in [9.17, 15) is 5.11 Å². The highest BCUT2D eigenvalue weighted by molar-refractivity contribution is 8.01. The van der Waals surface area contributed by atoms with Crippen LogP contribution in [0.5, 0.6) is 0 Å². The van der Waals surface area contributed by atoms with Crippen LogP contribution in [0.2, 0.25) is 0 Å². The van der Waals surface area contributed by atoms with Crippen LogP contribution < -0.4 is 0 Å². The fourth-order valence-electron chi connectivity index (χ4n) is 0.678. The van der Waals surface area contributed by atoms with Crippen LogP contribution in [0.15, 0.2) is 0 Å². The van der Waals surface area contributed by atoms with Crippen LogP contribution in [-0.4, -0.2) is 38.2 Å². The lowest BCUT2D eigenvalue weighted by Crippen LogP contribution is -2.52. The minimum atomic E-state index is -1.60. The van der Waals surface area contributed by atoms with E-state index >= 15 is 0 Å². The van der Waals surface area contributed by atoms with Gasteiger partial charge in [-0.15, -0.1) is 37.9 Å². The Labute approximate surface area is 98.5 Å². The molecule has 0 aromatic carbocycles. The minimum absolute atomic E-state index is 0.596. The molecule has 1 atom stereocenters. The minimum Gasteiger partial charge on any atom is -0.395 e. The molecule has 0 saturated carbocycles. The molecule has 0 bridgehead atoms. The molecule has 0 heterocycles. The lowest BCUT2D eigenvalue weighted by atomic mass is 9.91. The molecule has 4 nitrogen and oxygen atoms in total. The van der Waals surface area contributed by atoms with E-state index in [1.807, 2.05) is 0 Å². The van der Waals surface area contributed by atoms with E-state index in [-0.39, 0.29) is 0 Å². The van der Waals surface area contributed by atoms with Gasteiger partial charge in [-0.25, -0.2) is 0 Å². The first-order valence-electron chi connectivity index (χ1n) is 3.23. The van der Waals surface area contributed by atoms with Crippen molar-refractivity contribution in [2.24, 2.45) is 5.41 Å². The predicted molar refractivity (Wildman–Crippen MR) is 62.4 cm³/mol. The zero-order chi connectivity index (χ0) is 10.7. The van der Waals surface area contributed by atoms with Crippen molar-refractivity contribution in [2.45, 2.75) is 9.70 Å². The summed E-state index contributed by atoms with van der Waals surface area (Å²) in [7, 11) is 0. The number of rotatable bonds is 5. The van der Waals surface area contributed by atoms with Gasteiger partial charge in [-0.05, 0) is 12.9 Å². The molecule has 0 rings (SSSR count). The van der Waals surface area contributed by atoms with Crippen LogP contribution in [0.4, 0.5) is 0 Å². The molecular formula is C5H12O4S4. The molecule has 8 heteroatoms. The summed E-state index contributed by atoms with van der Waals surface area (Å²) in [5.74, 6) is 0. The summed E-state index contributed by atoms with van der Waals surface area (Å²) >= 11 is 15.0. The molecule has 0 aliphatic heterocycles. The second-order valence-corrected chi connectivity index (χ2v) is 4.83. The lowest BCUT2D eigenvalue weighted by molar-refractivity contribution is -0.0582. The van der Waals surface area contributed by atoms with Crippen LogP contribution in [0.25, 0.3) is 0 Å². The number of hydrogen-bond donors (Lipinski definition) is 7. The third kappa shape index (κ3) is 2.63. The zero-order valence-electron chi connectivity index (χ0n) is 6.53. The SMILES string of the molecule is OCC(CO)(C(O)S)C(S)(S)OS. The summed E-state index contributed by atoms with van der Waals surface area (Å²) in [6, 6.07) is 0. The molecule has 0 fully saturated rings. The number of aliphatic hydroxyl groups excluding tert-OH is 3. The fourth-order valence-corrected chi connectivity index (χ4v) is 1.94. The molecule has 0 aliphatic carbocycles. The third-order valence-electron chi connectivity index (χ3n) is 1.83. The van der Waals surface area contributed by atoms with Gasteiger partial charge in [0.1, 0.15) is 10.9 Å². The smallest absolute Gasteiger partial charge is 0.181 e. The van der Waals surface area contributed by atoms with Gasteiger partial charge in [0, 0.05) is 0 Å². The van der Waals surface area contributed by atoms with E-state index in [1.54, 1.807) is 0 Å². The van der Waals surface area contributed by atoms with Gasteiger partial charge < -0.3 is 15.3 Å². The molecule has 0 aliphatic rings. The van der Waals surface area contributed by atoms with Crippen LogP contribution in [-0.2, 0) is 4.18 Å². The quantitative estimate of drug-likeness (QED) is 0.209. The molecule has 3 N–H and O–H groups in total. The van der Waals surface area contributed by atoms with E-state index in [0.717, 1.165) is 0 Å². The zero-order valence-corrected chi connectivity index (χ0v) is 10.1. The van der Waals surface area contributed by atoms with E-state index in [1.165, 1.54) is 0 Å². The molecular weight excluding hydrogens is 252 g/mol. The maximum Gasteiger partial charge on any atom is 0.181 e. The van der Waals surface area contributed by atoms with Crippen molar-refractivity contribution in [1.82, 2.24) is 0 Å². The van der Waals surface area contributed by atoms with Crippen molar-refractivity contribution in [1.29, 1.82) is 0 Å². The number of aliphatic hydroxyl groups is 3. The summed E-state index contributed by atoms with van der Waals surface area (Å²) in [4.78, 5) is 0. The van der Waals surface area contributed by atoms with Gasteiger partial charge >= 0.3 is 0 Å². The number of thiol groups is 4. The normalized spacial score (nSPS) is 15.9. The van der Waals surface area contributed by atoms with Crippen molar-refractivity contribution in [3.8, 4) is 0 Å². The Morgan fingerprint density at radius 2 is 1.62 bits per heavy atom. The van der Waals surface area contributed by atoms with Crippen LogP contribution in [0, 0.1) is 5.41 Å². The summed E-state index contributed by atoms with van der Waals surface area (Å²) in [6.45, 7) is -1.19. The van der Waals surface area contributed by atoms with E-state index in [4.69, 9.17) is 10.2 Å². The summed E-state index contributed by atoms with van der Waals surface area (Å²) in [5, 5.41) is 27.3. The van der Waals surface area contributed by atoms with Crippen molar-refractivity contribution in [3.05, 3.63) is 0 Å². The monoisotopic (exact) mass is 264 g/mol. The topological polar surface area (TPSA) is 69.9 Å². The standard InChI is InChI=1S/C5H12O4S4/c6-1-4(2-7,3(8)10)5(11,12)9-13/h3,6-8,10-13H,1-2H2. The fraction of sp³-hybridized carbons (Fsp3) is 1.00. The third-order valence-corrected chi connectivity index (χ3v) is 3.96. The molecule has 0 aromatic heterocycles.